The molecule has 1 aromatic carbocycles. The molecule has 1 aromatic heterocycles. The summed E-state index contributed by atoms with van der Waals surface area (Å²) in [6.07, 6.45) is 0. The van der Waals surface area contributed by atoms with Crippen LogP contribution in [-0.2, 0) is 0 Å². The van der Waals surface area contributed by atoms with Crippen LogP contribution >= 0.6 is 0 Å². The lowest BCUT2D eigenvalue weighted by Crippen LogP contribution is -2.15. The van der Waals surface area contributed by atoms with Gasteiger partial charge in [0.1, 0.15) is 0 Å². The Hall–Kier alpha value is -2.57. The number of aryl methyl sites for hydroxylation is 2. The number of ether oxygens (including phenoxy) is 1. The second kappa shape index (κ2) is 5.82. The van der Waals surface area contributed by atoms with Crippen LogP contribution in [0.4, 0.5) is 14.5 Å². The van der Waals surface area contributed by atoms with Gasteiger partial charge in [0.25, 0.3) is 5.91 Å². The van der Waals surface area contributed by atoms with Crippen LogP contribution in [-0.4, -0.2) is 23.0 Å². The third-order valence-electron chi connectivity index (χ3n) is 2.85. The van der Waals surface area contributed by atoms with Gasteiger partial charge in [-0.25, -0.2) is 8.78 Å². The van der Waals surface area contributed by atoms with Crippen molar-refractivity contribution in [3.05, 3.63) is 46.8 Å². The SMILES string of the molecule is COc1nc(C)c(NC(=O)c2ccc(F)c(F)c2)c(C)n1. The molecule has 1 N–H and O–H groups in total. The van der Waals surface area contributed by atoms with Gasteiger partial charge in [0.15, 0.2) is 11.6 Å². The predicted molar refractivity (Wildman–Crippen MR) is 72.4 cm³/mol. The average molecular weight is 293 g/mol. The van der Waals surface area contributed by atoms with E-state index in [9.17, 15) is 13.6 Å². The Morgan fingerprint density at radius 1 is 1.14 bits per heavy atom. The molecule has 0 bridgehead atoms. The zero-order chi connectivity index (χ0) is 15.6. The summed E-state index contributed by atoms with van der Waals surface area (Å²) in [5.74, 6) is -2.66. The molecule has 0 radical (unpaired) electrons. The smallest absolute Gasteiger partial charge is 0.316 e. The highest BCUT2D eigenvalue weighted by molar-refractivity contribution is 6.04. The number of nitrogens with zero attached hydrogens (tertiary/aromatic N) is 2. The summed E-state index contributed by atoms with van der Waals surface area (Å²) in [6.45, 7) is 3.36. The van der Waals surface area contributed by atoms with Crippen molar-refractivity contribution >= 4 is 11.6 Å². The monoisotopic (exact) mass is 293 g/mol. The molecule has 0 unspecified atom stereocenters. The van der Waals surface area contributed by atoms with E-state index in [1.807, 2.05) is 0 Å². The first-order chi connectivity index (χ1) is 9.92. The van der Waals surface area contributed by atoms with Crippen molar-refractivity contribution in [3.63, 3.8) is 0 Å². The molecule has 5 nitrogen and oxygen atoms in total. The second-order valence-electron chi connectivity index (χ2n) is 4.34. The van der Waals surface area contributed by atoms with E-state index in [0.29, 0.717) is 17.1 Å². The second-order valence-corrected chi connectivity index (χ2v) is 4.34. The molecular weight excluding hydrogens is 280 g/mol. The standard InChI is InChI=1S/C14H13F2N3O2/c1-7-12(8(2)18-14(17-7)21-3)19-13(20)9-4-5-10(15)11(16)6-9/h4-6H,1-3H3,(H,19,20). The number of amides is 1. The Bertz CT molecular complexity index is 682. The number of nitrogens with one attached hydrogen (secondary N) is 1. The lowest BCUT2D eigenvalue weighted by molar-refractivity contribution is 0.102. The number of methoxy groups -OCH3 is 1. The molecule has 0 spiro atoms. The highest BCUT2D eigenvalue weighted by Gasteiger charge is 2.14. The summed E-state index contributed by atoms with van der Waals surface area (Å²) >= 11 is 0. The van der Waals surface area contributed by atoms with Crippen molar-refractivity contribution < 1.29 is 18.3 Å². The molecule has 110 valence electrons. The Kier molecular flexibility index (Phi) is 4.11. The average Bonchev–Trinajstić information content (AvgIpc) is 2.45. The number of anilines is 1. The van der Waals surface area contributed by atoms with Crippen molar-refractivity contribution in [1.29, 1.82) is 0 Å². The fraction of sp³-hybridized carbons (Fsp3) is 0.214. The van der Waals surface area contributed by atoms with Gasteiger partial charge in [-0.2, -0.15) is 9.97 Å². The number of carbonyl (C=O) groups excluding carboxylic acids is 1. The van der Waals surface area contributed by atoms with Gasteiger partial charge in [-0.05, 0) is 32.0 Å². The van der Waals surface area contributed by atoms with Crippen LogP contribution in [0.25, 0.3) is 0 Å². The van der Waals surface area contributed by atoms with Gasteiger partial charge in [-0.1, -0.05) is 0 Å². The van der Waals surface area contributed by atoms with Crippen molar-refractivity contribution in [2.45, 2.75) is 13.8 Å². The first kappa shape index (κ1) is 14.8. The van der Waals surface area contributed by atoms with Crippen molar-refractivity contribution in [3.8, 4) is 6.01 Å². The Morgan fingerprint density at radius 2 is 1.76 bits per heavy atom. The summed E-state index contributed by atoms with van der Waals surface area (Å²) in [5, 5.41) is 2.58. The van der Waals surface area contributed by atoms with E-state index < -0.39 is 17.5 Å². The number of hydrogen-bond acceptors (Lipinski definition) is 4. The zero-order valence-electron chi connectivity index (χ0n) is 11.7. The van der Waals surface area contributed by atoms with Crippen molar-refractivity contribution in [1.82, 2.24) is 9.97 Å². The molecule has 2 rings (SSSR count). The number of rotatable bonds is 3. The van der Waals surface area contributed by atoms with Gasteiger partial charge in [0.05, 0.1) is 24.2 Å². The van der Waals surface area contributed by atoms with Gasteiger partial charge in [0, 0.05) is 5.56 Å². The van der Waals surface area contributed by atoms with Crippen LogP contribution in [0.5, 0.6) is 6.01 Å². The molecule has 0 aliphatic rings. The Labute approximate surface area is 120 Å². The quantitative estimate of drug-likeness (QED) is 0.945. The van der Waals surface area contributed by atoms with Gasteiger partial charge < -0.3 is 10.1 Å². The topological polar surface area (TPSA) is 64.1 Å². The normalized spacial score (nSPS) is 10.3. The molecule has 0 fully saturated rings. The molecule has 0 atom stereocenters. The minimum atomic E-state index is -1.08. The van der Waals surface area contributed by atoms with E-state index in [-0.39, 0.29) is 11.6 Å². The third kappa shape index (κ3) is 3.13. The number of aromatic nitrogens is 2. The highest BCUT2D eigenvalue weighted by atomic mass is 19.2. The number of carbonyl (C=O) groups is 1. The van der Waals surface area contributed by atoms with Crippen LogP contribution in [0.15, 0.2) is 18.2 Å². The van der Waals surface area contributed by atoms with E-state index in [0.717, 1.165) is 12.1 Å². The minimum absolute atomic E-state index is 0.00326. The van der Waals surface area contributed by atoms with Crippen molar-refractivity contribution in [2.75, 3.05) is 12.4 Å². The molecule has 2 aromatic rings. The van der Waals surface area contributed by atoms with Gasteiger partial charge in [-0.15, -0.1) is 0 Å². The lowest BCUT2D eigenvalue weighted by atomic mass is 10.2. The molecule has 7 heteroatoms. The Balaban J connectivity index is 2.29. The van der Waals surface area contributed by atoms with E-state index in [2.05, 4.69) is 15.3 Å². The summed E-state index contributed by atoms with van der Waals surface area (Å²) in [6, 6.07) is 3.12. The van der Waals surface area contributed by atoms with E-state index in [1.54, 1.807) is 13.8 Å². The van der Waals surface area contributed by atoms with Crippen molar-refractivity contribution in [2.24, 2.45) is 0 Å². The first-order valence-corrected chi connectivity index (χ1v) is 6.08. The van der Waals surface area contributed by atoms with Gasteiger partial charge in [-0.3, -0.25) is 4.79 Å². The molecule has 0 aliphatic carbocycles. The van der Waals surface area contributed by atoms with E-state index >= 15 is 0 Å². The van der Waals surface area contributed by atoms with Crippen LogP contribution in [0.3, 0.4) is 0 Å². The molecule has 0 saturated heterocycles. The third-order valence-corrected chi connectivity index (χ3v) is 2.85. The van der Waals surface area contributed by atoms with Crippen LogP contribution in [0, 0.1) is 25.5 Å². The fourth-order valence-corrected chi connectivity index (χ4v) is 1.78. The highest BCUT2D eigenvalue weighted by Crippen LogP contribution is 2.20. The van der Waals surface area contributed by atoms with Gasteiger partial charge in [0.2, 0.25) is 0 Å². The molecule has 1 heterocycles. The molecule has 0 aliphatic heterocycles. The maximum absolute atomic E-state index is 13.1. The molecular formula is C14H13F2N3O2. The largest absolute Gasteiger partial charge is 0.467 e. The Morgan fingerprint density at radius 3 is 2.29 bits per heavy atom. The summed E-state index contributed by atoms with van der Waals surface area (Å²) < 4.78 is 30.9. The summed E-state index contributed by atoms with van der Waals surface area (Å²) in [5.41, 5.74) is 1.43. The maximum Gasteiger partial charge on any atom is 0.316 e. The molecule has 0 saturated carbocycles. The summed E-state index contributed by atoms with van der Waals surface area (Å²) in [7, 11) is 1.44. The van der Waals surface area contributed by atoms with Crippen LogP contribution in [0.1, 0.15) is 21.7 Å². The van der Waals surface area contributed by atoms with Crippen LogP contribution < -0.4 is 10.1 Å². The summed E-state index contributed by atoms with van der Waals surface area (Å²) in [4.78, 5) is 20.1. The first-order valence-electron chi connectivity index (χ1n) is 6.08. The molecule has 21 heavy (non-hydrogen) atoms. The van der Waals surface area contributed by atoms with Crippen LogP contribution in [0.2, 0.25) is 0 Å². The maximum atomic E-state index is 13.1. The van der Waals surface area contributed by atoms with E-state index in [1.165, 1.54) is 13.2 Å². The zero-order valence-corrected chi connectivity index (χ0v) is 11.7. The van der Waals surface area contributed by atoms with E-state index in [4.69, 9.17) is 4.74 Å². The fourth-order valence-electron chi connectivity index (χ4n) is 1.78. The van der Waals surface area contributed by atoms with Gasteiger partial charge >= 0.3 is 6.01 Å². The number of halogens is 2. The minimum Gasteiger partial charge on any atom is -0.467 e. The molecule has 1 amide bonds. The number of hydrogen-bond donors (Lipinski definition) is 1. The lowest BCUT2D eigenvalue weighted by Gasteiger charge is -2.11. The predicted octanol–water partition coefficient (Wildman–Crippen LogP) is 2.63. The number of benzene rings is 1.